The predicted octanol–water partition coefficient (Wildman–Crippen LogP) is 5.86. The Balaban J connectivity index is 1.25. The smallest absolute Gasteiger partial charge is 0.319 e. The number of fused-ring (bicyclic) bond motifs is 2. The zero-order valence-corrected chi connectivity index (χ0v) is 22.6. The Kier molecular flexibility index (Phi) is 7.53. The Bertz CT molecular complexity index is 1700. The van der Waals surface area contributed by atoms with E-state index >= 15 is 0 Å². The lowest BCUT2D eigenvalue weighted by molar-refractivity contribution is -0.117. The number of halogens is 2. The molecule has 0 saturated carbocycles. The van der Waals surface area contributed by atoms with E-state index in [-0.39, 0.29) is 24.1 Å². The highest BCUT2D eigenvalue weighted by molar-refractivity contribution is 6.38. The Hall–Kier alpha value is -4.34. The Morgan fingerprint density at radius 1 is 1.10 bits per heavy atom. The fourth-order valence-corrected chi connectivity index (χ4v) is 4.76. The second-order valence-electron chi connectivity index (χ2n) is 8.80. The van der Waals surface area contributed by atoms with Crippen LogP contribution in [0.15, 0.2) is 73.3 Å². The van der Waals surface area contributed by atoms with Crippen LogP contribution in [0.25, 0.3) is 16.4 Å². The number of imidazole rings is 1. The summed E-state index contributed by atoms with van der Waals surface area (Å²) in [4.78, 5) is 35.4. The largest absolute Gasteiger partial charge is 0.485 e. The summed E-state index contributed by atoms with van der Waals surface area (Å²) in [7, 11) is 1.58. The van der Waals surface area contributed by atoms with Crippen LogP contribution in [-0.2, 0) is 11.4 Å². The van der Waals surface area contributed by atoms with Crippen LogP contribution in [0.1, 0.15) is 11.3 Å². The van der Waals surface area contributed by atoms with E-state index in [9.17, 15) is 9.59 Å². The zero-order valence-electron chi connectivity index (χ0n) is 21.1. The summed E-state index contributed by atoms with van der Waals surface area (Å²) in [6.07, 6.45) is 7.15. The molecule has 3 aromatic heterocycles. The number of nitrogens with one attached hydrogen (secondary N) is 2. The number of benzene rings is 2. The van der Waals surface area contributed by atoms with E-state index in [1.54, 1.807) is 37.6 Å². The van der Waals surface area contributed by atoms with Gasteiger partial charge in [-0.1, -0.05) is 35.3 Å². The molecule has 0 aliphatic heterocycles. The van der Waals surface area contributed by atoms with Crippen LogP contribution in [0.5, 0.6) is 5.75 Å². The van der Waals surface area contributed by atoms with Crippen molar-refractivity contribution in [3.8, 4) is 5.75 Å². The molecule has 0 radical (unpaired) electrons. The van der Waals surface area contributed by atoms with Crippen LogP contribution in [-0.4, -0.2) is 39.9 Å². The molecule has 0 atom stereocenters. The highest BCUT2D eigenvalue weighted by atomic mass is 35.5. The van der Waals surface area contributed by atoms with Crippen molar-refractivity contribution >= 4 is 62.9 Å². The second-order valence-corrected chi connectivity index (χ2v) is 9.58. The number of amides is 3. The molecule has 2 aromatic carbocycles. The van der Waals surface area contributed by atoms with Gasteiger partial charge in [-0.05, 0) is 43.3 Å². The third-order valence-corrected chi connectivity index (χ3v) is 6.95. The minimum atomic E-state index is -0.513. The van der Waals surface area contributed by atoms with Crippen molar-refractivity contribution in [1.29, 1.82) is 0 Å². The molecule has 3 heterocycles. The van der Waals surface area contributed by atoms with Gasteiger partial charge in [-0.15, -0.1) is 0 Å². The monoisotopic (exact) mass is 562 g/mol. The number of rotatable bonds is 7. The summed E-state index contributed by atoms with van der Waals surface area (Å²) < 4.78 is 7.89. The maximum absolute atomic E-state index is 12.9. The predicted molar refractivity (Wildman–Crippen MR) is 153 cm³/mol. The first-order valence-electron chi connectivity index (χ1n) is 12.0. The van der Waals surface area contributed by atoms with Gasteiger partial charge in [-0.25, -0.2) is 9.78 Å². The molecule has 9 nitrogen and oxygen atoms in total. The van der Waals surface area contributed by atoms with Crippen LogP contribution in [0.2, 0.25) is 10.0 Å². The molecule has 0 bridgehead atoms. The van der Waals surface area contributed by atoms with Crippen molar-refractivity contribution in [2.75, 3.05) is 23.8 Å². The summed E-state index contributed by atoms with van der Waals surface area (Å²) in [5, 5.41) is 7.78. The topological polar surface area (TPSA) is 101 Å². The van der Waals surface area contributed by atoms with Gasteiger partial charge in [-0.2, -0.15) is 0 Å². The molecule has 0 spiro atoms. The van der Waals surface area contributed by atoms with Gasteiger partial charge < -0.3 is 24.7 Å². The molecule has 198 valence electrons. The average molecular weight is 563 g/mol. The third-order valence-electron chi connectivity index (χ3n) is 6.17. The Labute approximate surface area is 234 Å². The normalized spacial score (nSPS) is 11.0. The summed E-state index contributed by atoms with van der Waals surface area (Å²) in [6.45, 7) is 1.72. The molecule has 3 amide bonds. The van der Waals surface area contributed by atoms with E-state index in [0.29, 0.717) is 33.4 Å². The zero-order chi connectivity index (χ0) is 27.5. The molecule has 5 aromatic rings. The van der Waals surface area contributed by atoms with Crippen molar-refractivity contribution < 1.29 is 14.3 Å². The van der Waals surface area contributed by atoms with E-state index in [4.69, 9.17) is 27.9 Å². The number of likely N-dealkylation sites (N-methyl/N-ethyl adjacent to an activating group) is 1. The number of anilines is 2. The van der Waals surface area contributed by atoms with Gasteiger partial charge in [0.2, 0.25) is 5.91 Å². The first-order valence-corrected chi connectivity index (χ1v) is 12.8. The van der Waals surface area contributed by atoms with E-state index in [0.717, 1.165) is 16.5 Å². The minimum absolute atomic E-state index is 0.0698. The van der Waals surface area contributed by atoms with Crippen molar-refractivity contribution in [3.63, 3.8) is 0 Å². The van der Waals surface area contributed by atoms with Crippen LogP contribution < -0.4 is 20.3 Å². The van der Waals surface area contributed by atoms with E-state index in [2.05, 4.69) is 20.6 Å². The van der Waals surface area contributed by atoms with Crippen molar-refractivity contribution in [3.05, 3.63) is 94.6 Å². The number of nitrogens with zero attached hydrogens (tertiary/aromatic N) is 4. The van der Waals surface area contributed by atoms with E-state index in [1.807, 2.05) is 54.0 Å². The molecule has 2 N–H and O–H groups in total. The molecular formula is C28H24Cl2N6O3. The molecule has 0 saturated heterocycles. The fourth-order valence-electron chi connectivity index (χ4n) is 4.16. The number of urea groups is 1. The van der Waals surface area contributed by atoms with Gasteiger partial charge in [0, 0.05) is 53.2 Å². The molecule has 0 unspecified atom stereocenters. The number of carbonyl (C=O) groups is 2. The SMILES string of the molecule is Cc1cn2cccc(OCc3c(Cl)ccc(N(C)C(=O)CNC(=O)Nc4cccc5cnccc45)c3Cl)c2n1. The van der Waals surface area contributed by atoms with Gasteiger partial charge in [0.05, 0.1) is 28.6 Å². The van der Waals surface area contributed by atoms with Crippen molar-refractivity contribution in [2.24, 2.45) is 0 Å². The number of ether oxygens (including phenoxy) is 1. The number of aryl methyl sites for hydroxylation is 1. The third kappa shape index (κ3) is 5.59. The van der Waals surface area contributed by atoms with Crippen LogP contribution in [0, 0.1) is 6.92 Å². The Morgan fingerprint density at radius 2 is 1.95 bits per heavy atom. The summed E-state index contributed by atoms with van der Waals surface area (Å²) in [5.41, 5.74) is 3.11. The summed E-state index contributed by atoms with van der Waals surface area (Å²) in [5.74, 6) is 0.200. The quantitative estimate of drug-likeness (QED) is 0.258. The van der Waals surface area contributed by atoms with Crippen molar-refractivity contribution in [1.82, 2.24) is 19.7 Å². The van der Waals surface area contributed by atoms with Gasteiger partial charge in [-0.3, -0.25) is 9.78 Å². The molecule has 39 heavy (non-hydrogen) atoms. The lowest BCUT2D eigenvalue weighted by Gasteiger charge is -2.21. The number of hydrogen-bond acceptors (Lipinski definition) is 5. The highest BCUT2D eigenvalue weighted by Gasteiger charge is 2.20. The summed E-state index contributed by atoms with van der Waals surface area (Å²) in [6, 6.07) is 13.8. The lowest BCUT2D eigenvalue weighted by atomic mass is 10.1. The maximum Gasteiger partial charge on any atom is 0.319 e. The van der Waals surface area contributed by atoms with Crippen molar-refractivity contribution in [2.45, 2.75) is 13.5 Å². The Morgan fingerprint density at radius 3 is 2.79 bits per heavy atom. The van der Waals surface area contributed by atoms with Crippen LogP contribution in [0.3, 0.4) is 0 Å². The first-order chi connectivity index (χ1) is 18.8. The molecular weight excluding hydrogens is 539 g/mol. The highest BCUT2D eigenvalue weighted by Crippen LogP contribution is 2.35. The van der Waals surface area contributed by atoms with E-state index in [1.165, 1.54) is 4.90 Å². The summed E-state index contributed by atoms with van der Waals surface area (Å²) >= 11 is 13.1. The van der Waals surface area contributed by atoms with Gasteiger partial charge in [0.15, 0.2) is 11.4 Å². The molecule has 0 fully saturated rings. The standard InChI is InChI=1S/C28H24Cl2N6O3/c1-17-15-36-12-4-7-24(27(36)33-17)39-16-20-21(29)8-9-23(26(20)30)35(2)25(37)14-32-28(38)34-22-6-3-5-18-13-31-11-10-19(18)22/h3-13,15H,14,16H2,1-2H3,(H2,32,34,38). The van der Waals surface area contributed by atoms with E-state index < -0.39 is 6.03 Å². The lowest BCUT2D eigenvalue weighted by Crippen LogP contribution is -2.40. The maximum atomic E-state index is 12.9. The molecule has 11 heteroatoms. The van der Waals surface area contributed by atoms with Crippen LogP contribution >= 0.6 is 23.2 Å². The molecule has 0 aliphatic rings. The molecule has 0 aliphatic carbocycles. The van der Waals surface area contributed by atoms with Gasteiger partial charge in [0.1, 0.15) is 6.61 Å². The first kappa shape index (κ1) is 26.3. The van der Waals surface area contributed by atoms with Gasteiger partial charge >= 0.3 is 6.03 Å². The van der Waals surface area contributed by atoms with Gasteiger partial charge in [0.25, 0.3) is 0 Å². The average Bonchev–Trinajstić information content (AvgIpc) is 3.32. The number of pyridine rings is 2. The number of aromatic nitrogens is 3. The minimum Gasteiger partial charge on any atom is -0.485 e. The number of carbonyl (C=O) groups excluding carboxylic acids is 2. The fraction of sp³-hybridized carbons (Fsp3) is 0.143. The van der Waals surface area contributed by atoms with Crippen LogP contribution in [0.4, 0.5) is 16.2 Å². The molecule has 5 rings (SSSR count). The second kappa shape index (κ2) is 11.2. The number of hydrogen-bond donors (Lipinski definition) is 2.